The number of halogens is 2. The van der Waals surface area contributed by atoms with Gasteiger partial charge in [0.1, 0.15) is 10.9 Å². The van der Waals surface area contributed by atoms with Crippen molar-refractivity contribution in [2.45, 2.75) is 0 Å². The van der Waals surface area contributed by atoms with Gasteiger partial charge in [-0.05, 0) is 40.2 Å². The second kappa shape index (κ2) is 6.11. The van der Waals surface area contributed by atoms with E-state index in [0.29, 0.717) is 32.3 Å². The van der Waals surface area contributed by atoms with Crippen molar-refractivity contribution in [2.75, 3.05) is 18.2 Å². The van der Waals surface area contributed by atoms with E-state index in [9.17, 15) is 4.79 Å². The fourth-order valence-corrected chi connectivity index (χ4v) is 2.04. The fraction of sp³-hybridized carbons (Fsp3) is 0.0769. The van der Waals surface area contributed by atoms with Crippen molar-refractivity contribution in [2.24, 2.45) is 0 Å². The van der Waals surface area contributed by atoms with E-state index in [0.717, 1.165) is 0 Å². The Morgan fingerprint density at radius 3 is 2.85 bits per heavy atom. The molecular formula is C13H11BrClN3O2. The van der Waals surface area contributed by atoms with E-state index in [2.05, 4.69) is 26.2 Å². The molecule has 5 nitrogen and oxygen atoms in total. The molecule has 1 heterocycles. The van der Waals surface area contributed by atoms with Gasteiger partial charge >= 0.3 is 0 Å². The first-order valence-corrected chi connectivity index (χ1v) is 6.74. The number of methoxy groups -OCH3 is 1. The summed E-state index contributed by atoms with van der Waals surface area (Å²) in [5, 5.41) is 3.03. The molecule has 7 heteroatoms. The van der Waals surface area contributed by atoms with Crippen LogP contribution in [-0.4, -0.2) is 18.0 Å². The average Bonchev–Trinajstić information content (AvgIpc) is 2.43. The maximum absolute atomic E-state index is 12.2. The lowest BCUT2D eigenvalue weighted by molar-refractivity contribution is 0.102. The summed E-state index contributed by atoms with van der Waals surface area (Å²) in [7, 11) is 1.49. The molecule has 20 heavy (non-hydrogen) atoms. The number of benzene rings is 1. The van der Waals surface area contributed by atoms with Gasteiger partial charge in [0.25, 0.3) is 5.91 Å². The lowest BCUT2D eigenvalue weighted by atomic mass is 10.1. The highest BCUT2D eigenvalue weighted by Crippen LogP contribution is 2.25. The Morgan fingerprint density at radius 1 is 1.45 bits per heavy atom. The minimum absolute atomic E-state index is 0.324. The minimum atomic E-state index is -0.342. The third-order valence-corrected chi connectivity index (χ3v) is 3.66. The summed E-state index contributed by atoms with van der Waals surface area (Å²) in [6.07, 6.45) is 1.46. The molecule has 3 N–H and O–H groups in total. The summed E-state index contributed by atoms with van der Waals surface area (Å²) < 4.78 is 5.73. The van der Waals surface area contributed by atoms with Crippen LogP contribution in [0.5, 0.6) is 5.75 Å². The number of carbonyl (C=O) groups is 1. The van der Waals surface area contributed by atoms with Crippen LogP contribution in [0, 0.1) is 0 Å². The van der Waals surface area contributed by atoms with Gasteiger partial charge in [-0.25, -0.2) is 4.98 Å². The van der Waals surface area contributed by atoms with Crippen LogP contribution in [-0.2, 0) is 0 Å². The Hall–Kier alpha value is -1.79. The molecule has 0 radical (unpaired) electrons. The van der Waals surface area contributed by atoms with Crippen LogP contribution in [0.2, 0.25) is 5.15 Å². The molecule has 0 bridgehead atoms. The minimum Gasteiger partial charge on any atom is -0.496 e. The summed E-state index contributed by atoms with van der Waals surface area (Å²) in [5.41, 5.74) is 7.02. The van der Waals surface area contributed by atoms with E-state index in [1.807, 2.05) is 0 Å². The molecule has 2 aromatic rings. The van der Waals surface area contributed by atoms with Gasteiger partial charge in [0.15, 0.2) is 0 Å². The van der Waals surface area contributed by atoms with Crippen molar-refractivity contribution in [1.82, 2.24) is 4.98 Å². The van der Waals surface area contributed by atoms with Gasteiger partial charge in [0.2, 0.25) is 0 Å². The highest BCUT2D eigenvalue weighted by Gasteiger charge is 2.13. The monoisotopic (exact) mass is 355 g/mol. The van der Waals surface area contributed by atoms with Crippen LogP contribution in [0.15, 0.2) is 34.9 Å². The molecule has 1 aromatic heterocycles. The number of carbonyl (C=O) groups excluding carboxylic acids is 1. The van der Waals surface area contributed by atoms with Gasteiger partial charge < -0.3 is 15.8 Å². The standard InChI is InChI=1S/C13H11BrClN3O2/c1-20-11-3-2-7(16)4-9(11)13(19)18-8-5-10(14)12(15)17-6-8/h2-6H,16H2,1H3,(H,18,19). The lowest BCUT2D eigenvalue weighted by Gasteiger charge is -2.10. The molecule has 0 aliphatic rings. The van der Waals surface area contributed by atoms with Crippen LogP contribution in [0.4, 0.5) is 11.4 Å². The first-order valence-electron chi connectivity index (χ1n) is 5.57. The maximum Gasteiger partial charge on any atom is 0.259 e. The molecule has 2 rings (SSSR count). The number of anilines is 2. The fourth-order valence-electron chi connectivity index (χ4n) is 1.59. The highest BCUT2D eigenvalue weighted by molar-refractivity contribution is 9.10. The zero-order chi connectivity index (χ0) is 14.7. The van der Waals surface area contributed by atoms with Gasteiger partial charge in [-0.2, -0.15) is 0 Å². The van der Waals surface area contributed by atoms with Gasteiger partial charge in [0, 0.05) is 5.69 Å². The average molecular weight is 357 g/mol. The Balaban J connectivity index is 2.27. The summed E-state index contributed by atoms with van der Waals surface area (Å²) in [6, 6.07) is 6.51. The van der Waals surface area contributed by atoms with Crippen molar-refractivity contribution in [1.29, 1.82) is 0 Å². The molecule has 0 atom stereocenters. The van der Waals surface area contributed by atoms with Crippen molar-refractivity contribution in [3.63, 3.8) is 0 Å². The molecule has 1 aromatic carbocycles. The first-order chi connectivity index (χ1) is 9.51. The van der Waals surface area contributed by atoms with Gasteiger partial charge in [-0.3, -0.25) is 4.79 Å². The zero-order valence-electron chi connectivity index (χ0n) is 10.5. The molecule has 104 valence electrons. The first kappa shape index (κ1) is 14.6. The van der Waals surface area contributed by atoms with E-state index >= 15 is 0 Å². The number of hydrogen-bond acceptors (Lipinski definition) is 4. The van der Waals surface area contributed by atoms with E-state index in [1.165, 1.54) is 13.3 Å². The molecule has 0 aliphatic carbocycles. The number of amides is 1. The lowest BCUT2D eigenvalue weighted by Crippen LogP contribution is -2.13. The van der Waals surface area contributed by atoms with Crippen LogP contribution >= 0.6 is 27.5 Å². The third-order valence-electron chi connectivity index (χ3n) is 2.52. The van der Waals surface area contributed by atoms with E-state index in [1.54, 1.807) is 24.3 Å². The van der Waals surface area contributed by atoms with E-state index in [4.69, 9.17) is 22.1 Å². The second-order valence-electron chi connectivity index (χ2n) is 3.91. The predicted octanol–water partition coefficient (Wildman–Crippen LogP) is 3.34. The number of pyridine rings is 1. The largest absolute Gasteiger partial charge is 0.496 e. The molecule has 1 amide bonds. The van der Waals surface area contributed by atoms with E-state index < -0.39 is 0 Å². The number of ether oxygens (including phenoxy) is 1. The van der Waals surface area contributed by atoms with Crippen LogP contribution < -0.4 is 15.8 Å². The van der Waals surface area contributed by atoms with Gasteiger partial charge in [-0.1, -0.05) is 11.6 Å². The summed E-state index contributed by atoms with van der Waals surface area (Å²) in [5.74, 6) is 0.0999. The van der Waals surface area contributed by atoms with Crippen LogP contribution in [0.1, 0.15) is 10.4 Å². The Bertz CT molecular complexity index is 664. The summed E-state index contributed by atoms with van der Waals surface area (Å²) >= 11 is 9.04. The zero-order valence-corrected chi connectivity index (χ0v) is 12.8. The highest BCUT2D eigenvalue weighted by atomic mass is 79.9. The van der Waals surface area contributed by atoms with Crippen molar-refractivity contribution in [3.8, 4) is 5.75 Å². The molecule has 0 aliphatic heterocycles. The molecule has 0 saturated carbocycles. The molecule has 0 saturated heterocycles. The van der Waals surface area contributed by atoms with Crippen molar-refractivity contribution in [3.05, 3.63) is 45.7 Å². The van der Waals surface area contributed by atoms with Crippen LogP contribution in [0.3, 0.4) is 0 Å². The Kier molecular flexibility index (Phi) is 4.46. The molecule has 0 fully saturated rings. The summed E-state index contributed by atoms with van der Waals surface area (Å²) in [4.78, 5) is 16.2. The second-order valence-corrected chi connectivity index (χ2v) is 5.12. The topological polar surface area (TPSA) is 77.2 Å². The number of nitrogens with one attached hydrogen (secondary N) is 1. The number of hydrogen-bond donors (Lipinski definition) is 2. The molecule has 0 unspecified atom stereocenters. The number of aromatic nitrogens is 1. The normalized spacial score (nSPS) is 10.2. The number of rotatable bonds is 3. The number of nitrogens with zero attached hydrogens (tertiary/aromatic N) is 1. The SMILES string of the molecule is COc1ccc(N)cc1C(=O)Nc1cnc(Cl)c(Br)c1. The summed E-state index contributed by atoms with van der Waals surface area (Å²) in [6.45, 7) is 0. The van der Waals surface area contributed by atoms with Crippen LogP contribution in [0.25, 0.3) is 0 Å². The van der Waals surface area contributed by atoms with E-state index in [-0.39, 0.29) is 5.91 Å². The molecule has 0 spiro atoms. The number of nitrogens with two attached hydrogens (primary N) is 1. The smallest absolute Gasteiger partial charge is 0.259 e. The Labute approximate surface area is 129 Å². The third kappa shape index (κ3) is 3.20. The van der Waals surface area contributed by atoms with Gasteiger partial charge in [0.05, 0.1) is 29.0 Å². The molecular weight excluding hydrogens is 346 g/mol. The van der Waals surface area contributed by atoms with Crippen molar-refractivity contribution >= 4 is 44.8 Å². The van der Waals surface area contributed by atoms with Crippen molar-refractivity contribution < 1.29 is 9.53 Å². The maximum atomic E-state index is 12.2. The predicted molar refractivity (Wildman–Crippen MR) is 82.3 cm³/mol. The quantitative estimate of drug-likeness (QED) is 0.653. The Morgan fingerprint density at radius 2 is 2.20 bits per heavy atom. The van der Waals surface area contributed by atoms with Gasteiger partial charge in [-0.15, -0.1) is 0 Å². The number of nitrogen functional groups attached to an aromatic ring is 1.